The second-order valence-electron chi connectivity index (χ2n) is 15.0. The Balaban J connectivity index is 1.40. The first-order valence-electron chi connectivity index (χ1n) is 18.2. The molecule has 8 nitrogen and oxygen atoms in total. The summed E-state index contributed by atoms with van der Waals surface area (Å²) in [5, 5.41) is 13.9. The molecule has 49 heavy (non-hydrogen) atoms. The molecule has 8 fully saturated rings. The van der Waals surface area contributed by atoms with Gasteiger partial charge in [0.25, 0.3) is 0 Å². The number of methoxy groups -OCH3 is 2. The van der Waals surface area contributed by atoms with Gasteiger partial charge < -0.3 is 24.1 Å². The van der Waals surface area contributed by atoms with Gasteiger partial charge in [0.2, 0.25) is 5.79 Å². The molecule has 0 radical (unpaired) electrons. The van der Waals surface area contributed by atoms with E-state index >= 15 is 0 Å². The van der Waals surface area contributed by atoms with Gasteiger partial charge in [0, 0.05) is 34.8 Å². The first-order chi connectivity index (χ1) is 23.7. The van der Waals surface area contributed by atoms with Crippen molar-refractivity contribution in [2.24, 2.45) is 40.4 Å². The maximum absolute atomic E-state index is 14.8. The Bertz CT molecular complexity index is 1360. The van der Waals surface area contributed by atoms with Crippen LogP contribution in [0.15, 0.2) is 24.3 Å². The van der Waals surface area contributed by atoms with Crippen LogP contribution in [0.25, 0.3) is 0 Å². The Morgan fingerprint density at radius 1 is 0.980 bits per heavy atom. The molecule has 6 bridgehead atoms. The Morgan fingerprint density at radius 3 is 2.37 bits per heavy atom. The van der Waals surface area contributed by atoms with Crippen molar-refractivity contribution in [3.63, 3.8) is 0 Å². The average molecular weight is 753 g/mol. The predicted molar refractivity (Wildman–Crippen MR) is 197 cm³/mol. The minimum absolute atomic E-state index is 0.0107. The van der Waals surface area contributed by atoms with Gasteiger partial charge in [0.1, 0.15) is 5.41 Å². The van der Waals surface area contributed by atoms with Crippen molar-refractivity contribution < 1.29 is 38.4 Å². The molecule has 0 aromatic rings. The molecule has 272 valence electrons. The van der Waals surface area contributed by atoms with E-state index in [1.54, 1.807) is 23.5 Å². The molecule has 4 saturated carbocycles. The van der Waals surface area contributed by atoms with Crippen LogP contribution in [0.5, 0.6) is 0 Å². The summed E-state index contributed by atoms with van der Waals surface area (Å²) in [7, 11) is 2.73. The largest absolute Gasteiger partial charge is 0.469 e. The fraction of sp³-hybridized carbons (Fsp3) is 0.811. The number of unbranched alkanes of at least 4 members (excludes halogenated alkanes) is 3. The molecule has 12 heteroatoms. The quantitative estimate of drug-likeness (QED) is 0.0869. The molecule has 1 spiro atoms. The molecule has 1 N–H and O–H groups in total. The number of thioether (sulfide) groups is 4. The first kappa shape index (κ1) is 36.6. The fourth-order valence-electron chi connectivity index (χ4n) is 11.6. The van der Waals surface area contributed by atoms with Gasteiger partial charge in [0.15, 0.2) is 5.60 Å². The van der Waals surface area contributed by atoms with E-state index in [-0.39, 0.29) is 33.0 Å². The molecular weight excluding hydrogens is 701 g/mol. The number of hydrogen-bond acceptors (Lipinski definition) is 12. The number of carbonyl (C=O) groups excluding carboxylic acids is 3. The molecule has 4 aliphatic heterocycles. The third kappa shape index (κ3) is 5.05. The third-order valence-corrected chi connectivity index (χ3v) is 19.8. The van der Waals surface area contributed by atoms with Crippen LogP contribution < -0.4 is 0 Å². The summed E-state index contributed by atoms with van der Waals surface area (Å²) in [4.78, 5) is 43.5. The second kappa shape index (κ2) is 13.9. The number of ether oxygens (including phenoxy) is 4. The summed E-state index contributed by atoms with van der Waals surface area (Å²) < 4.78 is 24.9. The predicted octanol–water partition coefficient (Wildman–Crippen LogP) is 6.85. The molecule has 0 amide bonds. The van der Waals surface area contributed by atoms with Crippen molar-refractivity contribution in [1.29, 1.82) is 0 Å². The Kier molecular flexibility index (Phi) is 10.4. The Hall–Kier alpha value is -0.790. The fourth-order valence-corrected chi connectivity index (χ4v) is 18.0. The minimum atomic E-state index is -1.80. The van der Waals surface area contributed by atoms with Crippen molar-refractivity contribution in [1.82, 2.24) is 0 Å². The highest BCUT2D eigenvalue weighted by atomic mass is 32.2. The molecule has 0 aromatic carbocycles. The second-order valence-corrected chi connectivity index (χ2v) is 21.0. The normalized spacial score (nSPS) is 43.2. The maximum atomic E-state index is 14.8. The lowest BCUT2D eigenvalue weighted by Gasteiger charge is -2.70. The van der Waals surface area contributed by atoms with E-state index < -0.39 is 57.9 Å². The van der Waals surface area contributed by atoms with Crippen LogP contribution in [0.2, 0.25) is 0 Å². The lowest BCUT2D eigenvalue weighted by molar-refractivity contribution is -0.423. The van der Waals surface area contributed by atoms with E-state index in [0.717, 1.165) is 68.0 Å². The van der Waals surface area contributed by atoms with Gasteiger partial charge in [-0.2, -0.15) is 0 Å². The lowest BCUT2D eigenvalue weighted by Crippen LogP contribution is -2.82. The zero-order valence-corrected chi connectivity index (χ0v) is 32.5. The van der Waals surface area contributed by atoms with E-state index in [2.05, 4.69) is 24.3 Å². The topological polar surface area (TPSA) is 108 Å². The van der Waals surface area contributed by atoms with Gasteiger partial charge >= 0.3 is 17.9 Å². The van der Waals surface area contributed by atoms with Crippen molar-refractivity contribution in [2.45, 2.75) is 104 Å². The highest BCUT2D eigenvalue weighted by Gasteiger charge is 2.98. The van der Waals surface area contributed by atoms with E-state index in [1.165, 1.54) is 14.2 Å². The van der Waals surface area contributed by atoms with Gasteiger partial charge in [-0.25, -0.2) is 0 Å². The maximum Gasteiger partial charge on any atom is 0.318 e. The number of esters is 3. The number of allylic oxidation sites excluding steroid dienone is 4. The molecule has 4 heterocycles. The third-order valence-electron chi connectivity index (χ3n) is 13.1. The summed E-state index contributed by atoms with van der Waals surface area (Å²) in [6.45, 7) is 4.08. The highest BCUT2D eigenvalue weighted by Crippen LogP contribution is 2.85. The number of aliphatic hydroxyl groups is 1. The molecule has 8 rings (SSSR count). The van der Waals surface area contributed by atoms with Crippen LogP contribution in [0.3, 0.4) is 0 Å². The number of hydrogen-bond donors (Lipinski definition) is 1. The summed E-state index contributed by atoms with van der Waals surface area (Å²) in [5.41, 5.74) is -4.62. The standard InChI is InChI=1S/C37H52O8S4/c1-5-7-9-10-11-12-14-23-24-20-25(35(15-13-8-6-2)48-18-19-49-35)44-37-27(24)28(30(38)42-3)34(32(40)43-4)22-33(31(39)45-37,36(37,41)29(23)34)21-26-46-16-17-47-26/h5-8,23-29,41H,9-22H2,1-4H3/b7-5+,8-6+/t23-,24-,25-,27-,28+,29+,33+,34+,36-,37+/m1/s1. The summed E-state index contributed by atoms with van der Waals surface area (Å²) in [6.07, 6.45) is 15.9. The zero-order valence-electron chi connectivity index (χ0n) is 29.2. The van der Waals surface area contributed by atoms with Crippen LogP contribution >= 0.6 is 47.0 Å². The van der Waals surface area contributed by atoms with Crippen LogP contribution in [0.1, 0.15) is 78.1 Å². The van der Waals surface area contributed by atoms with Crippen molar-refractivity contribution in [2.75, 3.05) is 37.2 Å². The van der Waals surface area contributed by atoms with Crippen LogP contribution in [-0.2, 0) is 33.3 Å². The van der Waals surface area contributed by atoms with Crippen molar-refractivity contribution in [3.05, 3.63) is 24.3 Å². The average Bonchev–Trinajstić information content (AvgIpc) is 3.86. The molecule has 4 aliphatic carbocycles. The number of rotatable bonds is 14. The summed E-state index contributed by atoms with van der Waals surface area (Å²) >= 11 is 7.44. The van der Waals surface area contributed by atoms with E-state index in [0.29, 0.717) is 12.8 Å². The molecular formula is C37H52O8S4. The van der Waals surface area contributed by atoms with Gasteiger partial charge in [-0.05, 0) is 77.0 Å². The van der Waals surface area contributed by atoms with E-state index in [9.17, 15) is 19.5 Å². The molecule has 0 aromatic heterocycles. The molecule has 8 aliphatic rings. The van der Waals surface area contributed by atoms with Gasteiger partial charge in [-0.15, -0.1) is 47.0 Å². The minimum Gasteiger partial charge on any atom is -0.469 e. The first-order valence-corrected chi connectivity index (χ1v) is 22.3. The summed E-state index contributed by atoms with van der Waals surface area (Å²) in [5.74, 6) is -1.95. The SMILES string of the molecule is C/C=C/CCCCC[C@@H]1[C@H]2C[C@H](C3(CC/C=C/C)SCCS3)O[C@]34OC(=O)[C@]5(CC6SCCS6)C[C@](C(=O)OC)([C@H](C(=O)OC)[C@@H]23)[C@H]1[C@@]54O. The number of carbonyl (C=O) groups is 3. The lowest BCUT2D eigenvalue weighted by atomic mass is 9.38. The Labute approximate surface area is 308 Å². The van der Waals surface area contributed by atoms with Crippen molar-refractivity contribution >= 4 is 65.0 Å². The van der Waals surface area contributed by atoms with Crippen LogP contribution in [-0.4, -0.2) is 86.4 Å². The van der Waals surface area contributed by atoms with Gasteiger partial charge in [0.05, 0.1) is 40.3 Å². The molecule has 4 saturated heterocycles. The molecule has 0 unspecified atom stereocenters. The highest BCUT2D eigenvalue weighted by molar-refractivity contribution is 8.21. The van der Waals surface area contributed by atoms with Gasteiger partial charge in [-0.3, -0.25) is 14.4 Å². The smallest absolute Gasteiger partial charge is 0.318 e. The van der Waals surface area contributed by atoms with Crippen LogP contribution in [0, 0.1) is 40.4 Å². The monoisotopic (exact) mass is 752 g/mol. The van der Waals surface area contributed by atoms with Gasteiger partial charge in [-0.1, -0.05) is 37.1 Å². The Morgan fingerprint density at radius 2 is 1.69 bits per heavy atom. The van der Waals surface area contributed by atoms with E-state index in [1.807, 2.05) is 37.4 Å². The summed E-state index contributed by atoms with van der Waals surface area (Å²) in [6, 6.07) is 0. The van der Waals surface area contributed by atoms with Crippen LogP contribution in [0.4, 0.5) is 0 Å². The van der Waals surface area contributed by atoms with Crippen molar-refractivity contribution in [3.8, 4) is 0 Å². The molecule has 10 atom stereocenters. The zero-order chi connectivity index (χ0) is 34.7. The van der Waals surface area contributed by atoms with E-state index in [4.69, 9.17) is 18.9 Å².